The average Bonchev–Trinajstić information content (AvgIpc) is 2.36. The molecule has 0 aliphatic carbocycles. The molecule has 2 aromatic carbocycles. The zero-order valence-electron chi connectivity index (χ0n) is 12.5. The molecule has 0 bridgehead atoms. The highest BCUT2D eigenvalue weighted by molar-refractivity contribution is 9.10. The Morgan fingerprint density at radius 1 is 0.950 bits per heavy atom. The molecule has 0 heterocycles. The van der Waals surface area contributed by atoms with E-state index in [0.717, 1.165) is 10.0 Å². The number of rotatable bonds is 3. The van der Waals surface area contributed by atoms with Gasteiger partial charge in [0.1, 0.15) is 0 Å². The molecule has 0 fully saturated rings. The van der Waals surface area contributed by atoms with Crippen LogP contribution in [0.4, 0.5) is 0 Å². The summed E-state index contributed by atoms with van der Waals surface area (Å²) >= 11 is 3.53. The van der Waals surface area contributed by atoms with E-state index < -0.39 is 6.10 Å². The summed E-state index contributed by atoms with van der Waals surface area (Å²) in [6.45, 7) is 8.39. The second kappa shape index (κ2) is 6.11. The van der Waals surface area contributed by atoms with Crippen molar-refractivity contribution in [2.45, 2.75) is 40.2 Å². The molecule has 106 valence electrons. The van der Waals surface area contributed by atoms with Crippen LogP contribution in [0.2, 0.25) is 0 Å². The van der Waals surface area contributed by atoms with Crippen LogP contribution in [0, 0.1) is 27.7 Å². The van der Waals surface area contributed by atoms with Gasteiger partial charge in [0.25, 0.3) is 0 Å². The molecule has 1 N–H and O–H groups in total. The van der Waals surface area contributed by atoms with Crippen LogP contribution >= 0.6 is 15.9 Å². The zero-order valence-corrected chi connectivity index (χ0v) is 14.1. The molecule has 0 amide bonds. The molecule has 0 aliphatic heterocycles. The molecule has 2 aromatic rings. The lowest BCUT2D eigenvalue weighted by Crippen LogP contribution is -2.05. The first-order chi connectivity index (χ1) is 9.38. The summed E-state index contributed by atoms with van der Waals surface area (Å²) in [6, 6.07) is 10.4. The predicted octanol–water partition coefficient (Wildman–Crippen LogP) is 4.96. The highest BCUT2D eigenvalue weighted by atomic mass is 79.9. The van der Waals surface area contributed by atoms with Crippen LogP contribution in [-0.4, -0.2) is 5.11 Å². The zero-order chi connectivity index (χ0) is 14.9. The van der Waals surface area contributed by atoms with Crippen molar-refractivity contribution in [2.75, 3.05) is 0 Å². The Bertz CT molecular complexity index is 608. The van der Waals surface area contributed by atoms with E-state index in [1.807, 2.05) is 18.2 Å². The second-order valence-corrected chi connectivity index (χ2v) is 6.46. The van der Waals surface area contributed by atoms with Gasteiger partial charge in [-0.05, 0) is 61.6 Å². The normalized spacial score (nSPS) is 12.5. The molecule has 2 heteroatoms. The Balaban J connectivity index is 2.27. The minimum Gasteiger partial charge on any atom is -0.388 e. The van der Waals surface area contributed by atoms with Gasteiger partial charge in [0.15, 0.2) is 0 Å². The van der Waals surface area contributed by atoms with Gasteiger partial charge in [-0.2, -0.15) is 0 Å². The number of aryl methyl sites for hydroxylation is 4. The smallest absolute Gasteiger partial charge is 0.0830 e. The van der Waals surface area contributed by atoms with Crippen molar-refractivity contribution in [3.8, 4) is 0 Å². The highest BCUT2D eigenvalue weighted by Crippen LogP contribution is 2.27. The van der Waals surface area contributed by atoms with Gasteiger partial charge >= 0.3 is 0 Å². The fourth-order valence-corrected chi connectivity index (χ4v) is 3.06. The molecule has 2 rings (SSSR count). The number of benzene rings is 2. The summed E-state index contributed by atoms with van der Waals surface area (Å²) in [5.74, 6) is 0. The molecule has 20 heavy (non-hydrogen) atoms. The molecular formula is C18H21BrO. The topological polar surface area (TPSA) is 20.2 Å². The lowest BCUT2D eigenvalue weighted by atomic mass is 9.93. The predicted molar refractivity (Wildman–Crippen MR) is 88.2 cm³/mol. The van der Waals surface area contributed by atoms with Crippen LogP contribution < -0.4 is 0 Å². The minimum absolute atomic E-state index is 0.466. The van der Waals surface area contributed by atoms with Gasteiger partial charge in [-0.1, -0.05) is 45.8 Å². The first-order valence-corrected chi connectivity index (χ1v) is 7.68. The van der Waals surface area contributed by atoms with Crippen molar-refractivity contribution in [1.82, 2.24) is 0 Å². The molecule has 0 radical (unpaired) electrons. The van der Waals surface area contributed by atoms with Crippen LogP contribution in [0.5, 0.6) is 0 Å². The van der Waals surface area contributed by atoms with E-state index in [9.17, 15) is 5.11 Å². The molecule has 0 saturated carbocycles. The summed E-state index contributed by atoms with van der Waals surface area (Å²) in [7, 11) is 0. The Kier molecular flexibility index (Phi) is 4.66. The van der Waals surface area contributed by atoms with Crippen LogP contribution in [0.25, 0.3) is 0 Å². The van der Waals surface area contributed by atoms with E-state index in [2.05, 4.69) is 55.8 Å². The number of hydrogen-bond acceptors (Lipinski definition) is 1. The summed E-state index contributed by atoms with van der Waals surface area (Å²) in [4.78, 5) is 0. The maximum absolute atomic E-state index is 10.5. The van der Waals surface area contributed by atoms with Gasteiger partial charge < -0.3 is 5.11 Å². The maximum Gasteiger partial charge on any atom is 0.0830 e. The van der Waals surface area contributed by atoms with E-state index in [1.165, 1.54) is 27.8 Å². The van der Waals surface area contributed by atoms with E-state index in [4.69, 9.17) is 0 Å². The number of aliphatic hydroxyl groups is 1. The van der Waals surface area contributed by atoms with E-state index in [0.29, 0.717) is 6.42 Å². The molecular weight excluding hydrogens is 312 g/mol. The molecule has 0 aromatic heterocycles. The fourth-order valence-electron chi connectivity index (χ4n) is 2.66. The van der Waals surface area contributed by atoms with E-state index >= 15 is 0 Å². The minimum atomic E-state index is -0.466. The van der Waals surface area contributed by atoms with Gasteiger partial charge in [0.05, 0.1) is 6.10 Å². The van der Waals surface area contributed by atoms with E-state index in [-0.39, 0.29) is 0 Å². The van der Waals surface area contributed by atoms with Crippen molar-refractivity contribution in [1.29, 1.82) is 0 Å². The van der Waals surface area contributed by atoms with Crippen molar-refractivity contribution in [3.05, 3.63) is 68.2 Å². The Morgan fingerprint density at radius 3 is 2.10 bits per heavy atom. The fraction of sp³-hybridized carbons (Fsp3) is 0.333. The lowest BCUT2D eigenvalue weighted by molar-refractivity contribution is 0.178. The quantitative estimate of drug-likeness (QED) is 0.842. The first-order valence-electron chi connectivity index (χ1n) is 6.89. The molecule has 1 unspecified atom stereocenters. The standard InChI is InChI=1S/C18H21BrO/c1-11-7-13(3)16(14(4)8-11)10-18(20)15-6-5-12(2)17(19)9-15/h5-9,18,20H,10H2,1-4H3. The Morgan fingerprint density at radius 2 is 1.55 bits per heavy atom. The third-order valence-electron chi connectivity index (χ3n) is 3.82. The highest BCUT2D eigenvalue weighted by Gasteiger charge is 2.13. The third-order valence-corrected chi connectivity index (χ3v) is 4.67. The molecule has 0 aliphatic rings. The molecule has 1 nitrogen and oxygen atoms in total. The third kappa shape index (κ3) is 3.31. The van der Waals surface area contributed by atoms with Crippen molar-refractivity contribution in [2.24, 2.45) is 0 Å². The summed E-state index contributed by atoms with van der Waals surface area (Å²) < 4.78 is 1.05. The molecule has 0 spiro atoms. The van der Waals surface area contributed by atoms with Crippen LogP contribution in [0.1, 0.15) is 39.5 Å². The number of hydrogen-bond donors (Lipinski definition) is 1. The van der Waals surface area contributed by atoms with Gasteiger partial charge in [-0.3, -0.25) is 0 Å². The van der Waals surface area contributed by atoms with Crippen LogP contribution in [0.15, 0.2) is 34.8 Å². The van der Waals surface area contributed by atoms with Gasteiger partial charge in [0.2, 0.25) is 0 Å². The maximum atomic E-state index is 10.5. The number of halogens is 1. The van der Waals surface area contributed by atoms with Gasteiger partial charge in [-0.25, -0.2) is 0 Å². The SMILES string of the molecule is Cc1cc(C)c(CC(O)c2ccc(C)c(Br)c2)c(C)c1. The average molecular weight is 333 g/mol. The molecule has 0 saturated heterocycles. The summed E-state index contributed by atoms with van der Waals surface area (Å²) in [6.07, 6.45) is 0.194. The first kappa shape index (κ1) is 15.3. The monoisotopic (exact) mass is 332 g/mol. The number of aliphatic hydroxyl groups excluding tert-OH is 1. The van der Waals surface area contributed by atoms with Gasteiger partial charge in [0, 0.05) is 10.9 Å². The van der Waals surface area contributed by atoms with Crippen LogP contribution in [0.3, 0.4) is 0 Å². The Hall–Kier alpha value is -1.12. The molecule has 1 atom stereocenters. The van der Waals surface area contributed by atoms with Gasteiger partial charge in [-0.15, -0.1) is 0 Å². The van der Waals surface area contributed by atoms with Crippen molar-refractivity contribution < 1.29 is 5.11 Å². The summed E-state index contributed by atoms with van der Waals surface area (Å²) in [5.41, 5.74) is 7.18. The van der Waals surface area contributed by atoms with Crippen LogP contribution in [-0.2, 0) is 6.42 Å². The lowest BCUT2D eigenvalue weighted by Gasteiger charge is -2.16. The van der Waals surface area contributed by atoms with E-state index in [1.54, 1.807) is 0 Å². The second-order valence-electron chi connectivity index (χ2n) is 5.61. The van der Waals surface area contributed by atoms with Crippen molar-refractivity contribution >= 4 is 15.9 Å². The van der Waals surface area contributed by atoms with Crippen molar-refractivity contribution in [3.63, 3.8) is 0 Å². The largest absolute Gasteiger partial charge is 0.388 e. The Labute approximate surface area is 129 Å². The summed E-state index contributed by atoms with van der Waals surface area (Å²) in [5, 5.41) is 10.5.